The molecule has 0 fully saturated rings. The van der Waals surface area contributed by atoms with Crippen LogP contribution in [-0.4, -0.2) is 30.6 Å². The standard InChI is InChI=1S/C12H8O6S/c13-3-1-5(15)9(17)11-7(3)8-4(14)2-6(16)10(18)12(8)19-11/h1-2,13-18H. The minimum Gasteiger partial charge on any atom is -0.507 e. The fourth-order valence-electron chi connectivity index (χ4n) is 2.03. The second-order valence-corrected chi connectivity index (χ2v) is 5.06. The van der Waals surface area contributed by atoms with E-state index in [1.165, 1.54) is 0 Å². The lowest BCUT2D eigenvalue weighted by Crippen LogP contribution is -1.75. The highest BCUT2D eigenvalue weighted by atomic mass is 32.1. The monoisotopic (exact) mass is 280 g/mol. The maximum Gasteiger partial charge on any atom is 0.175 e. The molecule has 0 unspecified atom stereocenters. The Morgan fingerprint density at radius 1 is 0.579 bits per heavy atom. The molecule has 0 radical (unpaired) electrons. The molecule has 3 aromatic rings. The van der Waals surface area contributed by atoms with E-state index in [-0.39, 0.29) is 31.7 Å². The van der Waals surface area contributed by atoms with Crippen LogP contribution in [0.3, 0.4) is 0 Å². The summed E-state index contributed by atoms with van der Waals surface area (Å²) in [5.41, 5.74) is 0. The third kappa shape index (κ3) is 1.36. The number of phenols is 6. The van der Waals surface area contributed by atoms with E-state index in [4.69, 9.17) is 0 Å². The predicted molar refractivity (Wildman–Crippen MR) is 69.3 cm³/mol. The molecule has 3 rings (SSSR count). The number of thiophene rings is 1. The molecule has 7 heteroatoms. The largest absolute Gasteiger partial charge is 0.507 e. The average Bonchev–Trinajstić information content (AvgIpc) is 2.75. The van der Waals surface area contributed by atoms with Gasteiger partial charge in [0.1, 0.15) is 11.5 Å². The highest BCUT2D eigenvalue weighted by molar-refractivity contribution is 7.26. The van der Waals surface area contributed by atoms with Crippen molar-refractivity contribution < 1.29 is 30.6 Å². The minimum absolute atomic E-state index is 0.100. The molecule has 98 valence electrons. The fourth-order valence-corrected chi connectivity index (χ4v) is 3.25. The second-order valence-electron chi connectivity index (χ2n) is 4.04. The van der Waals surface area contributed by atoms with Crippen LogP contribution in [0.15, 0.2) is 12.1 Å². The number of benzene rings is 2. The van der Waals surface area contributed by atoms with Crippen molar-refractivity contribution in [3.8, 4) is 34.5 Å². The molecule has 2 aromatic carbocycles. The first kappa shape index (κ1) is 11.5. The van der Waals surface area contributed by atoms with Crippen molar-refractivity contribution in [2.45, 2.75) is 0 Å². The maximum atomic E-state index is 9.83. The lowest BCUT2D eigenvalue weighted by atomic mass is 10.1. The van der Waals surface area contributed by atoms with E-state index in [1.54, 1.807) is 0 Å². The Morgan fingerprint density at radius 3 is 1.32 bits per heavy atom. The number of hydrogen-bond donors (Lipinski definition) is 6. The van der Waals surface area contributed by atoms with Crippen LogP contribution in [0, 0.1) is 0 Å². The van der Waals surface area contributed by atoms with Crippen molar-refractivity contribution in [3.05, 3.63) is 12.1 Å². The second kappa shape index (κ2) is 3.48. The van der Waals surface area contributed by atoms with Gasteiger partial charge in [-0.25, -0.2) is 0 Å². The van der Waals surface area contributed by atoms with E-state index in [0.29, 0.717) is 0 Å². The van der Waals surface area contributed by atoms with Crippen molar-refractivity contribution in [1.82, 2.24) is 0 Å². The summed E-state index contributed by atoms with van der Waals surface area (Å²) >= 11 is 0.832. The van der Waals surface area contributed by atoms with Gasteiger partial charge in [0.25, 0.3) is 0 Å². The van der Waals surface area contributed by atoms with Crippen LogP contribution in [0.2, 0.25) is 0 Å². The summed E-state index contributed by atoms with van der Waals surface area (Å²) in [4.78, 5) is 0. The third-order valence-electron chi connectivity index (χ3n) is 2.88. The van der Waals surface area contributed by atoms with Crippen LogP contribution in [0.4, 0.5) is 0 Å². The number of phenolic OH excluding ortho intramolecular Hbond substituents is 6. The highest BCUT2D eigenvalue weighted by Crippen LogP contribution is 2.53. The quantitative estimate of drug-likeness (QED) is 0.277. The fraction of sp³-hybridized carbons (Fsp3) is 0. The van der Waals surface area contributed by atoms with Gasteiger partial charge in [-0.2, -0.15) is 0 Å². The molecular weight excluding hydrogens is 272 g/mol. The molecule has 1 aromatic heterocycles. The topological polar surface area (TPSA) is 121 Å². The summed E-state index contributed by atoms with van der Waals surface area (Å²) in [6, 6.07) is 1.88. The van der Waals surface area contributed by atoms with Gasteiger partial charge in [-0.1, -0.05) is 0 Å². The maximum absolute atomic E-state index is 9.83. The number of aromatic hydroxyl groups is 6. The minimum atomic E-state index is -0.514. The molecular formula is C12H8O6S. The van der Waals surface area contributed by atoms with Crippen molar-refractivity contribution >= 4 is 31.5 Å². The zero-order valence-corrected chi connectivity index (χ0v) is 10.1. The number of fused-ring (bicyclic) bond motifs is 3. The Kier molecular flexibility index (Phi) is 2.12. The van der Waals surface area contributed by atoms with Gasteiger partial charge in [-0.15, -0.1) is 11.3 Å². The Labute approximate surface area is 109 Å². The Bertz CT molecular complexity index is 767. The SMILES string of the molecule is Oc1cc(O)c2c(sc3c(O)c(O)cc(O)c32)c1O. The van der Waals surface area contributed by atoms with Crippen LogP contribution in [-0.2, 0) is 0 Å². The summed E-state index contributed by atoms with van der Waals surface area (Å²) in [7, 11) is 0. The Balaban J connectivity index is 2.68. The van der Waals surface area contributed by atoms with Crippen molar-refractivity contribution in [2.75, 3.05) is 0 Å². The molecule has 0 aliphatic rings. The van der Waals surface area contributed by atoms with Gasteiger partial charge in [0.15, 0.2) is 23.0 Å². The molecule has 19 heavy (non-hydrogen) atoms. The van der Waals surface area contributed by atoms with E-state index in [9.17, 15) is 30.6 Å². The van der Waals surface area contributed by atoms with Crippen molar-refractivity contribution in [2.24, 2.45) is 0 Å². The van der Waals surface area contributed by atoms with E-state index in [2.05, 4.69) is 0 Å². The third-order valence-corrected chi connectivity index (χ3v) is 4.09. The van der Waals surface area contributed by atoms with Gasteiger partial charge in [-0.3, -0.25) is 0 Å². The van der Waals surface area contributed by atoms with Gasteiger partial charge >= 0.3 is 0 Å². The van der Waals surface area contributed by atoms with Crippen molar-refractivity contribution in [3.63, 3.8) is 0 Å². The van der Waals surface area contributed by atoms with Gasteiger partial charge in [0, 0.05) is 12.1 Å². The molecule has 0 saturated carbocycles. The molecule has 0 saturated heterocycles. The average molecular weight is 280 g/mol. The van der Waals surface area contributed by atoms with Crippen LogP contribution in [0.25, 0.3) is 20.2 Å². The molecule has 1 heterocycles. The molecule has 0 bridgehead atoms. The molecule has 6 N–H and O–H groups in total. The van der Waals surface area contributed by atoms with E-state index in [0.717, 1.165) is 23.5 Å². The smallest absolute Gasteiger partial charge is 0.175 e. The van der Waals surface area contributed by atoms with Gasteiger partial charge in [0.05, 0.1) is 20.2 Å². The zero-order valence-electron chi connectivity index (χ0n) is 9.25. The van der Waals surface area contributed by atoms with Gasteiger partial charge in [-0.05, 0) is 0 Å². The Morgan fingerprint density at radius 2 is 0.947 bits per heavy atom. The van der Waals surface area contributed by atoms with E-state index in [1.807, 2.05) is 0 Å². The molecule has 0 aliphatic heterocycles. The van der Waals surface area contributed by atoms with Crippen LogP contribution >= 0.6 is 11.3 Å². The van der Waals surface area contributed by atoms with Crippen LogP contribution in [0.1, 0.15) is 0 Å². The molecule has 6 nitrogen and oxygen atoms in total. The summed E-state index contributed by atoms with van der Waals surface area (Å²) in [6.07, 6.45) is 0. The first-order valence-electron chi connectivity index (χ1n) is 5.15. The van der Waals surface area contributed by atoms with E-state index < -0.39 is 23.0 Å². The van der Waals surface area contributed by atoms with Crippen LogP contribution in [0.5, 0.6) is 34.5 Å². The first-order chi connectivity index (χ1) is 8.91. The van der Waals surface area contributed by atoms with Gasteiger partial charge < -0.3 is 30.6 Å². The molecule has 0 amide bonds. The summed E-state index contributed by atoms with van der Waals surface area (Å²) in [5, 5.41) is 58.3. The Hall–Kier alpha value is -2.54. The summed E-state index contributed by atoms with van der Waals surface area (Å²) < 4.78 is 0.201. The number of hydrogen-bond acceptors (Lipinski definition) is 7. The summed E-state index contributed by atoms with van der Waals surface area (Å²) in [5.74, 6) is -2.66. The molecule has 0 aliphatic carbocycles. The zero-order chi connectivity index (χ0) is 13.9. The first-order valence-corrected chi connectivity index (χ1v) is 5.97. The normalized spacial score (nSPS) is 11.4. The van der Waals surface area contributed by atoms with Gasteiger partial charge in [0.2, 0.25) is 0 Å². The predicted octanol–water partition coefficient (Wildman–Crippen LogP) is 2.29. The molecule has 0 spiro atoms. The summed E-state index contributed by atoms with van der Waals surface area (Å²) in [6.45, 7) is 0. The lowest BCUT2D eigenvalue weighted by molar-refractivity contribution is 0.402. The lowest BCUT2D eigenvalue weighted by Gasteiger charge is -2.03. The highest BCUT2D eigenvalue weighted by Gasteiger charge is 2.22. The number of rotatable bonds is 0. The molecule has 0 atom stereocenters. The van der Waals surface area contributed by atoms with Crippen molar-refractivity contribution in [1.29, 1.82) is 0 Å². The van der Waals surface area contributed by atoms with Crippen LogP contribution < -0.4 is 0 Å². The van der Waals surface area contributed by atoms with E-state index >= 15 is 0 Å².